The molecular weight excluding hydrogens is 329 g/mol. The maximum absolute atomic E-state index is 12.4. The Morgan fingerprint density at radius 2 is 1.75 bits per heavy atom. The van der Waals surface area contributed by atoms with Gasteiger partial charge in [0.25, 0.3) is 5.91 Å². The largest absolute Gasteiger partial charge is 0.449 e. The summed E-state index contributed by atoms with van der Waals surface area (Å²) in [7, 11) is 1.31. The highest BCUT2D eigenvalue weighted by atomic mass is 19.4. The van der Waals surface area contributed by atoms with Crippen molar-refractivity contribution in [3.8, 4) is 0 Å². The number of carbonyl (C=O) groups excluding carboxylic acids is 3. The van der Waals surface area contributed by atoms with Crippen molar-refractivity contribution in [2.24, 2.45) is 0 Å². The summed E-state index contributed by atoms with van der Waals surface area (Å²) in [6.07, 6.45) is -3.44. The van der Waals surface area contributed by atoms with E-state index in [9.17, 15) is 27.6 Å². The lowest BCUT2D eigenvalue weighted by atomic mass is 10.1. The highest BCUT2D eigenvalue weighted by molar-refractivity contribution is 5.97. The van der Waals surface area contributed by atoms with Crippen LogP contribution in [0.5, 0.6) is 0 Å². The second-order valence-electron chi connectivity index (χ2n) is 4.60. The average Bonchev–Trinajstić information content (AvgIpc) is 2.52. The van der Waals surface area contributed by atoms with E-state index in [1.165, 1.54) is 32.2 Å². The monoisotopic (exact) mass is 344 g/mol. The minimum atomic E-state index is -4.44. The Balaban J connectivity index is 2.59. The number of benzene rings is 1. The fourth-order valence-electron chi connectivity index (χ4n) is 1.49. The van der Waals surface area contributed by atoms with Crippen molar-refractivity contribution in [1.29, 1.82) is 0 Å². The Labute approximate surface area is 135 Å². The number of rotatable bonds is 4. The molecule has 0 radical (unpaired) electrons. The molecule has 130 valence electrons. The summed E-state index contributed by atoms with van der Waals surface area (Å²) in [6, 6.07) is 3.39. The molecule has 9 heteroatoms. The van der Waals surface area contributed by atoms with E-state index >= 15 is 0 Å². The normalized spacial score (nSPS) is 12.5. The molecule has 1 aromatic carbocycles. The summed E-state index contributed by atoms with van der Waals surface area (Å²) >= 11 is 0. The number of urea groups is 1. The first-order valence-electron chi connectivity index (χ1n) is 6.72. The second-order valence-corrected chi connectivity index (χ2v) is 4.60. The van der Waals surface area contributed by atoms with Crippen LogP contribution in [0.15, 0.2) is 30.3 Å². The summed E-state index contributed by atoms with van der Waals surface area (Å²) in [5.74, 6) is -1.69. The van der Waals surface area contributed by atoms with Crippen molar-refractivity contribution in [2.45, 2.75) is 19.2 Å². The van der Waals surface area contributed by atoms with Gasteiger partial charge >= 0.3 is 18.2 Å². The number of halogens is 3. The van der Waals surface area contributed by atoms with Crippen LogP contribution >= 0.6 is 0 Å². The zero-order chi connectivity index (χ0) is 18.3. The maximum Gasteiger partial charge on any atom is 0.416 e. The predicted octanol–water partition coefficient (Wildman–Crippen LogP) is 2.11. The smallest absolute Gasteiger partial charge is 0.416 e. The Morgan fingerprint density at radius 3 is 2.25 bits per heavy atom. The van der Waals surface area contributed by atoms with Gasteiger partial charge in [0.2, 0.25) is 0 Å². The van der Waals surface area contributed by atoms with Gasteiger partial charge in [0.1, 0.15) is 0 Å². The highest BCUT2D eigenvalue weighted by Gasteiger charge is 2.29. The minimum Gasteiger partial charge on any atom is -0.449 e. The third kappa shape index (κ3) is 6.11. The quantitative estimate of drug-likeness (QED) is 0.647. The molecule has 6 nitrogen and oxygen atoms in total. The standard InChI is InChI=1S/C15H15F3N2O4/c1-9(13(22)20-14(23)19-2)24-12(21)8-5-10-3-6-11(7-4-10)15(16,17)18/h3-9H,1-2H3,(H2,19,20,22,23)/b8-5+/t9-/m0/s1. The Bertz CT molecular complexity index is 639. The van der Waals surface area contributed by atoms with E-state index in [2.05, 4.69) is 5.32 Å². The lowest BCUT2D eigenvalue weighted by Crippen LogP contribution is -2.43. The topological polar surface area (TPSA) is 84.5 Å². The van der Waals surface area contributed by atoms with Crippen LogP contribution in [0.2, 0.25) is 0 Å². The molecule has 0 aliphatic heterocycles. The SMILES string of the molecule is CNC(=O)NC(=O)[C@H](C)OC(=O)/C=C/c1ccc(C(F)(F)F)cc1. The number of hydrogen-bond donors (Lipinski definition) is 2. The molecule has 1 rings (SSSR count). The van der Waals surface area contributed by atoms with Gasteiger partial charge in [-0.1, -0.05) is 12.1 Å². The molecule has 0 saturated carbocycles. The maximum atomic E-state index is 12.4. The van der Waals surface area contributed by atoms with E-state index in [1.807, 2.05) is 5.32 Å². The Kier molecular flexibility index (Phi) is 6.51. The van der Waals surface area contributed by atoms with Gasteiger partial charge in [-0.2, -0.15) is 13.2 Å². The molecule has 0 unspecified atom stereocenters. The van der Waals surface area contributed by atoms with E-state index < -0.39 is 35.8 Å². The van der Waals surface area contributed by atoms with Crippen molar-refractivity contribution >= 4 is 24.0 Å². The van der Waals surface area contributed by atoms with Crippen LogP contribution in [0.4, 0.5) is 18.0 Å². The van der Waals surface area contributed by atoms with E-state index in [0.717, 1.165) is 18.2 Å². The fraction of sp³-hybridized carbons (Fsp3) is 0.267. The highest BCUT2D eigenvalue weighted by Crippen LogP contribution is 2.29. The van der Waals surface area contributed by atoms with Crippen LogP contribution in [0.25, 0.3) is 6.08 Å². The van der Waals surface area contributed by atoms with Crippen molar-refractivity contribution in [1.82, 2.24) is 10.6 Å². The molecule has 2 N–H and O–H groups in total. The van der Waals surface area contributed by atoms with Crippen LogP contribution < -0.4 is 10.6 Å². The zero-order valence-electron chi connectivity index (χ0n) is 12.8. The predicted molar refractivity (Wildman–Crippen MR) is 78.6 cm³/mol. The van der Waals surface area contributed by atoms with Crippen LogP contribution in [0.1, 0.15) is 18.1 Å². The van der Waals surface area contributed by atoms with E-state index in [-0.39, 0.29) is 0 Å². The number of hydrogen-bond acceptors (Lipinski definition) is 4. The van der Waals surface area contributed by atoms with Crippen molar-refractivity contribution in [3.63, 3.8) is 0 Å². The number of amides is 3. The van der Waals surface area contributed by atoms with Crippen molar-refractivity contribution < 1.29 is 32.3 Å². The van der Waals surface area contributed by atoms with Gasteiger partial charge in [-0.25, -0.2) is 9.59 Å². The summed E-state index contributed by atoms with van der Waals surface area (Å²) in [5, 5.41) is 4.09. The van der Waals surface area contributed by atoms with Crippen LogP contribution in [-0.2, 0) is 20.5 Å². The number of ether oxygens (including phenoxy) is 1. The molecule has 1 aromatic rings. The first-order valence-corrected chi connectivity index (χ1v) is 6.72. The van der Waals surface area contributed by atoms with Gasteiger partial charge in [-0.05, 0) is 30.7 Å². The number of nitrogens with one attached hydrogen (secondary N) is 2. The third-order valence-corrected chi connectivity index (χ3v) is 2.78. The summed E-state index contributed by atoms with van der Waals surface area (Å²) in [4.78, 5) is 34.0. The molecule has 0 aromatic heterocycles. The van der Waals surface area contributed by atoms with Gasteiger partial charge in [0, 0.05) is 13.1 Å². The molecule has 1 atom stereocenters. The molecule has 0 fully saturated rings. The summed E-state index contributed by atoms with van der Waals surface area (Å²) in [5.41, 5.74) is -0.455. The van der Waals surface area contributed by atoms with E-state index in [4.69, 9.17) is 4.74 Å². The Hall–Kier alpha value is -2.84. The molecule has 0 aliphatic carbocycles. The average molecular weight is 344 g/mol. The number of alkyl halides is 3. The van der Waals surface area contributed by atoms with Crippen LogP contribution in [0, 0.1) is 0 Å². The van der Waals surface area contributed by atoms with Gasteiger partial charge in [0.05, 0.1) is 5.56 Å². The third-order valence-electron chi connectivity index (χ3n) is 2.78. The first-order chi connectivity index (χ1) is 11.1. The molecule has 0 saturated heterocycles. The number of carbonyl (C=O) groups is 3. The molecule has 0 heterocycles. The molecule has 0 bridgehead atoms. The van der Waals surface area contributed by atoms with Crippen LogP contribution in [-0.4, -0.2) is 31.1 Å². The molecule has 24 heavy (non-hydrogen) atoms. The fourth-order valence-corrected chi connectivity index (χ4v) is 1.49. The van der Waals surface area contributed by atoms with Gasteiger partial charge in [0.15, 0.2) is 6.10 Å². The van der Waals surface area contributed by atoms with Crippen molar-refractivity contribution in [3.05, 3.63) is 41.5 Å². The number of imide groups is 1. The van der Waals surface area contributed by atoms with E-state index in [0.29, 0.717) is 5.56 Å². The zero-order valence-corrected chi connectivity index (χ0v) is 12.8. The first kappa shape index (κ1) is 19.2. The number of esters is 1. The lowest BCUT2D eigenvalue weighted by molar-refractivity contribution is -0.149. The lowest BCUT2D eigenvalue weighted by Gasteiger charge is -2.11. The van der Waals surface area contributed by atoms with E-state index in [1.54, 1.807) is 0 Å². The van der Waals surface area contributed by atoms with Crippen LogP contribution in [0.3, 0.4) is 0 Å². The van der Waals surface area contributed by atoms with Gasteiger partial charge in [-0.15, -0.1) is 0 Å². The summed E-state index contributed by atoms with van der Waals surface area (Å²) in [6.45, 7) is 1.27. The Morgan fingerprint density at radius 1 is 1.17 bits per heavy atom. The summed E-state index contributed by atoms with van der Waals surface area (Å²) < 4.78 is 42.0. The van der Waals surface area contributed by atoms with Gasteiger partial charge < -0.3 is 10.1 Å². The molecule has 3 amide bonds. The molecule has 0 spiro atoms. The van der Waals surface area contributed by atoms with Gasteiger partial charge in [-0.3, -0.25) is 10.1 Å². The van der Waals surface area contributed by atoms with Crippen molar-refractivity contribution in [2.75, 3.05) is 7.05 Å². The molecular formula is C15H15F3N2O4. The molecule has 0 aliphatic rings. The second kappa shape index (κ2) is 8.14. The minimum absolute atomic E-state index is 0.349.